The predicted octanol–water partition coefficient (Wildman–Crippen LogP) is 3.86. The van der Waals surface area contributed by atoms with Crippen LogP contribution in [-0.4, -0.2) is 24.0 Å². The van der Waals surface area contributed by atoms with Crippen molar-refractivity contribution in [3.05, 3.63) is 84.1 Å². The molecule has 26 heavy (non-hydrogen) atoms. The van der Waals surface area contributed by atoms with Crippen LogP contribution in [0.2, 0.25) is 0 Å². The second-order valence-corrected chi connectivity index (χ2v) is 5.45. The first-order chi connectivity index (χ1) is 12.7. The first kappa shape index (κ1) is 17.2. The van der Waals surface area contributed by atoms with Gasteiger partial charge in [0.15, 0.2) is 0 Å². The molecule has 0 saturated carbocycles. The van der Waals surface area contributed by atoms with Crippen molar-refractivity contribution in [3.8, 4) is 0 Å². The molecule has 0 aliphatic heterocycles. The Balaban J connectivity index is 1.62. The number of pyridine rings is 1. The van der Waals surface area contributed by atoms with Crippen LogP contribution in [0.15, 0.2) is 72.9 Å². The lowest BCUT2D eigenvalue weighted by molar-refractivity contribution is 0.0600. The Morgan fingerprint density at radius 1 is 0.846 bits per heavy atom. The molecule has 0 aliphatic rings. The van der Waals surface area contributed by atoms with Gasteiger partial charge in [0.1, 0.15) is 5.82 Å². The van der Waals surface area contributed by atoms with Gasteiger partial charge in [-0.15, -0.1) is 0 Å². The minimum Gasteiger partial charge on any atom is -0.465 e. The third-order valence-electron chi connectivity index (χ3n) is 3.64. The van der Waals surface area contributed by atoms with Gasteiger partial charge in [-0.25, -0.2) is 9.78 Å². The van der Waals surface area contributed by atoms with Crippen LogP contribution in [0.1, 0.15) is 20.7 Å². The highest BCUT2D eigenvalue weighted by atomic mass is 16.5. The van der Waals surface area contributed by atoms with Crippen molar-refractivity contribution in [2.45, 2.75) is 0 Å². The number of methoxy groups -OCH3 is 1. The van der Waals surface area contributed by atoms with Gasteiger partial charge in [-0.1, -0.05) is 18.2 Å². The van der Waals surface area contributed by atoms with Gasteiger partial charge in [0, 0.05) is 11.3 Å². The van der Waals surface area contributed by atoms with Gasteiger partial charge in [0.25, 0.3) is 5.91 Å². The number of nitrogens with one attached hydrogen (secondary N) is 2. The molecule has 1 amide bonds. The van der Waals surface area contributed by atoms with Crippen LogP contribution in [-0.2, 0) is 4.74 Å². The lowest BCUT2D eigenvalue weighted by Crippen LogP contribution is -2.12. The average Bonchev–Trinajstić information content (AvgIpc) is 2.70. The molecule has 0 spiro atoms. The Bertz CT molecular complexity index is 892. The molecule has 0 radical (unpaired) electrons. The highest BCUT2D eigenvalue weighted by Crippen LogP contribution is 2.18. The average molecular weight is 347 g/mol. The molecule has 2 N–H and O–H groups in total. The van der Waals surface area contributed by atoms with E-state index >= 15 is 0 Å². The highest BCUT2D eigenvalue weighted by Gasteiger charge is 2.07. The lowest BCUT2D eigenvalue weighted by atomic mass is 10.2. The van der Waals surface area contributed by atoms with Gasteiger partial charge in [0.05, 0.1) is 24.6 Å². The van der Waals surface area contributed by atoms with Gasteiger partial charge in [-0.2, -0.15) is 0 Å². The summed E-state index contributed by atoms with van der Waals surface area (Å²) < 4.78 is 4.67. The van der Waals surface area contributed by atoms with E-state index in [0.29, 0.717) is 16.9 Å². The lowest BCUT2D eigenvalue weighted by Gasteiger charge is -2.08. The molecule has 1 heterocycles. The minimum atomic E-state index is -0.378. The van der Waals surface area contributed by atoms with Crippen LogP contribution < -0.4 is 10.6 Å². The van der Waals surface area contributed by atoms with E-state index in [2.05, 4.69) is 20.4 Å². The fourth-order valence-electron chi connectivity index (χ4n) is 2.29. The van der Waals surface area contributed by atoms with Crippen LogP contribution in [0, 0.1) is 0 Å². The quantitative estimate of drug-likeness (QED) is 0.685. The maximum absolute atomic E-state index is 12.1. The topological polar surface area (TPSA) is 80.3 Å². The number of rotatable bonds is 5. The molecular weight excluding hydrogens is 330 g/mol. The van der Waals surface area contributed by atoms with E-state index in [9.17, 15) is 9.59 Å². The number of hydrogen-bond donors (Lipinski definition) is 2. The first-order valence-electron chi connectivity index (χ1n) is 7.93. The van der Waals surface area contributed by atoms with E-state index in [-0.39, 0.29) is 11.9 Å². The number of esters is 1. The fraction of sp³-hybridized carbons (Fsp3) is 0.0500. The Hall–Kier alpha value is -3.67. The molecule has 130 valence electrons. The molecule has 0 bridgehead atoms. The van der Waals surface area contributed by atoms with Crippen LogP contribution in [0.4, 0.5) is 17.2 Å². The largest absolute Gasteiger partial charge is 0.465 e. The molecule has 0 fully saturated rings. The second kappa shape index (κ2) is 7.94. The van der Waals surface area contributed by atoms with E-state index in [1.165, 1.54) is 7.11 Å². The van der Waals surface area contributed by atoms with E-state index in [4.69, 9.17) is 0 Å². The monoisotopic (exact) mass is 347 g/mol. The maximum atomic E-state index is 12.1. The zero-order chi connectivity index (χ0) is 18.4. The fourth-order valence-corrected chi connectivity index (χ4v) is 2.29. The Morgan fingerprint density at radius 3 is 2.15 bits per heavy atom. The van der Waals surface area contributed by atoms with Crippen molar-refractivity contribution >= 4 is 29.1 Å². The summed E-state index contributed by atoms with van der Waals surface area (Å²) in [5.41, 5.74) is 2.62. The SMILES string of the molecule is COC(=O)c1ccc(Nc2ccc(NC(=O)c3ccccc3)nc2)cc1. The van der Waals surface area contributed by atoms with E-state index in [1.54, 1.807) is 60.8 Å². The van der Waals surface area contributed by atoms with Crippen LogP contribution in [0.5, 0.6) is 0 Å². The van der Waals surface area contributed by atoms with Gasteiger partial charge in [-0.05, 0) is 48.5 Å². The number of nitrogens with zero attached hydrogens (tertiary/aromatic N) is 1. The summed E-state index contributed by atoms with van der Waals surface area (Å²) in [6, 6.07) is 19.4. The third-order valence-corrected chi connectivity index (χ3v) is 3.64. The van der Waals surface area contributed by atoms with Gasteiger partial charge in [0.2, 0.25) is 0 Å². The summed E-state index contributed by atoms with van der Waals surface area (Å²) in [7, 11) is 1.35. The molecule has 3 aromatic rings. The maximum Gasteiger partial charge on any atom is 0.337 e. The molecule has 6 heteroatoms. The number of ether oxygens (including phenoxy) is 1. The number of carbonyl (C=O) groups is 2. The van der Waals surface area contributed by atoms with Gasteiger partial charge in [-0.3, -0.25) is 4.79 Å². The number of hydrogen-bond acceptors (Lipinski definition) is 5. The summed E-state index contributed by atoms with van der Waals surface area (Å²) in [6.45, 7) is 0. The minimum absolute atomic E-state index is 0.211. The third kappa shape index (κ3) is 4.24. The van der Waals surface area contributed by atoms with Gasteiger partial charge >= 0.3 is 5.97 Å². The van der Waals surface area contributed by atoms with Crippen molar-refractivity contribution in [1.29, 1.82) is 0 Å². The highest BCUT2D eigenvalue weighted by molar-refractivity contribution is 6.03. The summed E-state index contributed by atoms with van der Waals surface area (Å²) in [6.07, 6.45) is 1.62. The van der Waals surface area contributed by atoms with Crippen LogP contribution in [0.25, 0.3) is 0 Å². The second-order valence-electron chi connectivity index (χ2n) is 5.45. The Kier molecular flexibility index (Phi) is 5.24. The number of amides is 1. The van der Waals surface area contributed by atoms with Crippen LogP contribution >= 0.6 is 0 Å². The summed E-state index contributed by atoms with van der Waals surface area (Å²) in [5, 5.41) is 5.92. The molecule has 6 nitrogen and oxygen atoms in total. The predicted molar refractivity (Wildman–Crippen MR) is 99.7 cm³/mol. The normalized spacial score (nSPS) is 10.0. The van der Waals surface area contributed by atoms with Crippen molar-refractivity contribution in [2.75, 3.05) is 17.7 Å². The first-order valence-corrected chi connectivity index (χ1v) is 7.93. The molecule has 0 atom stereocenters. The number of benzene rings is 2. The van der Waals surface area contributed by atoms with Crippen molar-refractivity contribution in [2.24, 2.45) is 0 Å². The zero-order valence-corrected chi connectivity index (χ0v) is 14.1. The Labute approximate surface area is 150 Å². The number of carbonyl (C=O) groups excluding carboxylic acids is 2. The number of aromatic nitrogens is 1. The Morgan fingerprint density at radius 2 is 1.54 bits per heavy atom. The molecular formula is C20H17N3O3. The summed E-state index contributed by atoms with van der Waals surface area (Å²) in [4.78, 5) is 27.8. The van der Waals surface area contributed by atoms with Crippen LogP contribution in [0.3, 0.4) is 0 Å². The summed E-state index contributed by atoms with van der Waals surface area (Å²) in [5.74, 6) is -0.126. The molecule has 0 saturated heterocycles. The van der Waals surface area contributed by atoms with E-state index in [0.717, 1.165) is 11.4 Å². The molecule has 0 unspecified atom stereocenters. The molecule has 2 aromatic carbocycles. The van der Waals surface area contributed by atoms with Gasteiger partial charge < -0.3 is 15.4 Å². The van der Waals surface area contributed by atoms with E-state index in [1.807, 2.05) is 12.1 Å². The molecule has 0 aliphatic carbocycles. The summed E-state index contributed by atoms with van der Waals surface area (Å²) >= 11 is 0. The van der Waals surface area contributed by atoms with Crippen molar-refractivity contribution in [3.63, 3.8) is 0 Å². The number of anilines is 3. The molecule has 3 rings (SSSR count). The van der Waals surface area contributed by atoms with Crippen molar-refractivity contribution in [1.82, 2.24) is 4.98 Å². The van der Waals surface area contributed by atoms with Crippen molar-refractivity contribution < 1.29 is 14.3 Å². The molecule has 1 aromatic heterocycles. The smallest absolute Gasteiger partial charge is 0.337 e. The van der Waals surface area contributed by atoms with E-state index < -0.39 is 0 Å². The zero-order valence-electron chi connectivity index (χ0n) is 14.1. The standard InChI is InChI=1S/C20H17N3O3/c1-26-20(25)15-7-9-16(10-8-15)22-17-11-12-18(21-13-17)23-19(24)14-5-3-2-4-6-14/h2-13,22H,1H3,(H,21,23,24).